The monoisotopic (exact) mass is 332 g/mol. The first-order chi connectivity index (χ1) is 9.87. The van der Waals surface area contributed by atoms with Crippen molar-refractivity contribution in [2.75, 3.05) is 12.3 Å². The van der Waals surface area contributed by atoms with Gasteiger partial charge in [-0.15, -0.1) is 6.58 Å². The summed E-state index contributed by atoms with van der Waals surface area (Å²) in [5.41, 5.74) is 5.71. The summed E-state index contributed by atoms with van der Waals surface area (Å²) in [6.45, 7) is 3.72. The van der Waals surface area contributed by atoms with E-state index in [1.807, 2.05) is 0 Å². The summed E-state index contributed by atoms with van der Waals surface area (Å²) in [5, 5.41) is -0.293. The number of nitrogens with zero attached hydrogens (tertiary/aromatic N) is 1. The van der Waals surface area contributed by atoms with Crippen LogP contribution in [-0.2, 0) is 10.0 Å². The summed E-state index contributed by atoms with van der Waals surface area (Å²) < 4.78 is 41.0. The number of nitrogens with two attached hydrogens (primary N) is 1. The second-order valence-corrected chi connectivity index (χ2v) is 7.38. The van der Waals surface area contributed by atoms with Gasteiger partial charge in [0, 0.05) is 18.3 Å². The summed E-state index contributed by atoms with van der Waals surface area (Å²) in [7, 11) is -4.00. The van der Waals surface area contributed by atoms with Gasteiger partial charge >= 0.3 is 0 Å². The van der Waals surface area contributed by atoms with E-state index in [1.54, 1.807) is 0 Å². The smallest absolute Gasteiger partial charge is 0.246 e. The van der Waals surface area contributed by atoms with Gasteiger partial charge < -0.3 is 5.73 Å². The standard InChI is InChI=1S/C14H18ClFN2O2S/c1-2-7-18(11-5-3-4-6-11)21(19,20)13-9-10(17)8-12(15)14(13)16/h2,8-9,11H,1,3-7,17H2. The highest BCUT2D eigenvalue weighted by molar-refractivity contribution is 7.89. The number of halogens is 2. The molecule has 0 spiro atoms. The highest BCUT2D eigenvalue weighted by Crippen LogP contribution is 2.32. The fraction of sp³-hybridized carbons (Fsp3) is 0.429. The number of benzene rings is 1. The number of sulfonamides is 1. The molecule has 2 rings (SSSR count). The lowest BCUT2D eigenvalue weighted by atomic mass is 10.2. The molecule has 2 N–H and O–H groups in total. The van der Waals surface area contributed by atoms with Gasteiger partial charge in [-0.25, -0.2) is 12.8 Å². The number of hydrogen-bond donors (Lipinski definition) is 1. The molecule has 116 valence electrons. The van der Waals surface area contributed by atoms with Crippen LogP contribution in [0.4, 0.5) is 10.1 Å². The van der Waals surface area contributed by atoms with E-state index in [4.69, 9.17) is 17.3 Å². The Balaban J connectivity index is 2.50. The molecule has 1 aliphatic carbocycles. The summed E-state index contributed by atoms with van der Waals surface area (Å²) in [4.78, 5) is -0.471. The molecule has 0 aliphatic heterocycles. The average molecular weight is 333 g/mol. The van der Waals surface area contributed by atoms with Crippen molar-refractivity contribution >= 4 is 27.3 Å². The minimum atomic E-state index is -4.00. The van der Waals surface area contributed by atoms with Gasteiger partial charge in [-0.1, -0.05) is 30.5 Å². The van der Waals surface area contributed by atoms with Gasteiger partial charge in [-0.2, -0.15) is 4.31 Å². The van der Waals surface area contributed by atoms with E-state index in [2.05, 4.69) is 6.58 Å². The Hall–Kier alpha value is -1.11. The van der Waals surface area contributed by atoms with Gasteiger partial charge in [0.1, 0.15) is 4.90 Å². The molecule has 0 amide bonds. The topological polar surface area (TPSA) is 63.4 Å². The third-order valence-corrected chi connectivity index (χ3v) is 5.84. The molecule has 0 bridgehead atoms. The van der Waals surface area contributed by atoms with Crippen molar-refractivity contribution in [1.82, 2.24) is 4.31 Å². The third kappa shape index (κ3) is 3.22. The van der Waals surface area contributed by atoms with Crippen molar-refractivity contribution < 1.29 is 12.8 Å². The van der Waals surface area contributed by atoms with Crippen LogP contribution < -0.4 is 5.73 Å². The van der Waals surface area contributed by atoms with Gasteiger partial charge in [-0.3, -0.25) is 0 Å². The van der Waals surface area contributed by atoms with Crippen molar-refractivity contribution in [3.63, 3.8) is 0 Å². The van der Waals surface area contributed by atoms with Crippen LogP contribution in [-0.4, -0.2) is 25.3 Å². The second kappa shape index (κ2) is 6.34. The first-order valence-electron chi connectivity index (χ1n) is 6.75. The Bertz CT molecular complexity index is 643. The molecule has 0 heterocycles. The first-order valence-corrected chi connectivity index (χ1v) is 8.57. The van der Waals surface area contributed by atoms with Crippen molar-refractivity contribution in [2.45, 2.75) is 36.6 Å². The van der Waals surface area contributed by atoms with Crippen molar-refractivity contribution in [1.29, 1.82) is 0 Å². The normalized spacial score (nSPS) is 16.5. The average Bonchev–Trinajstić information content (AvgIpc) is 2.93. The lowest BCUT2D eigenvalue weighted by Gasteiger charge is -2.27. The molecule has 1 fully saturated rings. The van der Waals surface area contributed by atoms with Crippen LogP contribution in [0.3, 0.4) is 0 Å². The summed E-state index contributed by atoms with van der Waals surface area (Å²) in [5.74, 6) is -0.960. The summed E-state index contributed by atoms with van der Waals surface area (Å²) in [6.07, 6.45) is 4.97. The zero-order valence-corrected chi connectivity index (χ0v) is 13.1. The first kappa shape index (κ1) is 16.3. The fourth-order valence-corrected chi connectivity index (χ4v) is 4.72. The van der Waals surface area contributed by atoms with E-state index >= 15 is 0 Å². The Kier molecular flexibility index (Phi) is 4.91. The molecular weight excluding hydrogens is 315 g/mol. The molecule has 7 heteroatoms. The molecule has 1 aromatic rings. The Labute approximate surface area is 129 Å². The predicted octanol–water partition coefficient (Wildman–Crippen LogP) is 3.18. The lowest BCUT2D eigenvalue weighted by Crippen LogP contribution is -2.39. The maximum Gasteiger partial charge on any atom is 0.246 e. The third-order valence-electron chi connectivity index (χ3n) is 3.64. The Morgan fingerprint density at radius 1 is 1.43 bits per heavy atom. The zero-order chi connectivity index (χ0) is 15.6. The number of nitrogen functional groups attached to an aromatic ring is 1. The molecule has 1 aromatic carbocycles. The van der Waals surface area contributed by atoms with E-state index in [-0.39, 0.29) is 23.3 Å². The molecule has 0 atom stereocenters. The van der Waals surface area contributed by atoms with Gasteiger partial charge in [0.2, 0.25) is 10.0 Å². The molecular formula is C14H18ClFN2O2S. The minimum Gasteiger partial charge on any atom is -0.399 e. The number of rotatable bonds is 5. The lowest BCUT2D eigenvalue weighted by molar-refractivity contribution is 0.346. The second-order valence-electron chi connectivity index (χ2n) is 5.12. The van der Waals surface area contributed by atoms with E-state index in [1.165, 1.54) is 16.4 Å². The predicted molar refractivity (Wildman–Crippen MR) is 82.2 cm³/mol. The van der Waals surface area contributed by atoms with Crippen LogP contribution in [0.1, 0.15) is 25.7 Å². The zero-order valence-electron chi connectivity index (χ0n) is 11.6. The molecule has 0 unspecified atom stereocenters. The largest absolute Gasteiger partial charge is 0.399 e. The molecule has 1 aliphatic rings. The summed E-state index contributed by atoms with van der Waals surface area (Å²) >= 11 is 5.71. The number of anilines is 1. The van der Waals surface area contributed by atoms with Crippen molar-refractivity contribution in [2.24, 2.45) is 0 Å². The van der Waals surface area contributed by atoms with Crippen LogP contribution in [0.25, 0.3) is 0 Å². The van der Waals surface area contributed by atoms with E-state index < -0.39 is 20.7 Å². The molecule has 0 aromatic heterocycles. The van der Waals surface area contributed by atoms with E-state index in [9.17, 15) is 12.8 Å². The van der Waals surface area contributed by atoms with Gasteiger partial charge in [-0.05, 0) is 25.0 Å². The van der Waals surface area contributed by atoms with E-state index in [0.717, 1.165) is 31.7 Å². The molecule has 4 nitrogen and oxygen atoms in total. The highest BCUT2D eigenvalue weighted by Gasteiger charge is 2.34. The molecule has 1 saturated carbocycles. The van der Waals surface area contributed by atoms with E-state index in [0.29, 0.717) is 0 Å². The van der Waals surface area contributed by atoms with Crippen LogP contribution in [0.5, 0.6) is 0 Å². The van der Waals surface area contributed by atoms with Crippen LogP contribution in [0, 0.1) is 5.82 Å². The molecule has 0 radical (unpaired) electrons. The Morgan fingerprint density at radius 2 is 2.05 bits per heavy atom. The van der Waals surface area contributed by atoms with Gasteiger partial charge in [0.25, 0.3) is 0 Å². The highest BCUT2D eigenvalue weighted by atomic mass is 35.5. The van der Waals surface area contributed by atoms with Crippen LogP contribution in [0.2, 0.25) is 5.02 Å². The Morgan fingerprint density at radius 3 is 2.62 bits per heavy atom. The summed E-state index contributed by atoms with van der Waals surface area (Å²) in [6, 6.07) is 2.18. The van der Waals surface area contributed by atoms with Crippen molar-refractivity contribution in [3.05, 3.63) is 35.6 Å². The quantitative estimate of drug-likeness (QED) is 0.665. The molecule has 21 heavy (non-hydrogen) atoms. The molecule has 0 saturated heterocycles. The SMILES string of the molecule is C=CCN(C1CCCC1)S(=O)(=O)c1cc(N)cc(Cl)c1F. The van der Waals surface area contributed by atoms with Crippen molar-refractivity contribution in [3.8, 4) is 0 Å². The maximum absolute atomic E-state index is 14.1. The van der Waals surface area contributed by atoms with Gasteiger partial charge in [0.05, 0.1) is 5.02 Å². The minimum absolute atomic E-state index is 0.116. The fourth-order valence-electron chi connectivity index (χ4n) is 2.66. The van der Waals surface area contributed by atoms with Crippen LogP contribution >= 0.6 is 11.6 Å². The van der Waals surface area contributed by atoms with Crippen LogP contribution in [0.15, 0.2) is 29.7 Å². The number of hydrogen-bond acceptors (Lipinski definition) is 3. The van der Waals surface area contributed by atoms with Gasteiger partial charge in [0.15, 0.2) is 5.82 Å². The maximum atomic E-state index is 14.1.